The Morgan fingerprint density at radius 2 is 2.18 bits per heavy atom. The molecule has 1 heterocycles. The minimum atomic E-state index is -0.277. The lowest BCUT2D eigenvalue weighted by Crippen LogP contribution is -2.44. The number of aliphatic hydroxyl groups excluding tert-OH is 1. The Labute approximate surface area is 163 Å². The highest BCUT2D eigenvalue weighted by molar-refractivity contribution is 6.05. The molecule has 1 atom stereocenters. The van der Waals surface area contributed by atoms with Gasteiger partial charge in [0.1, 0.15) is 5.75 Å². The topological polar surface area (TPSA) is 112 Å². The summed E-state index contributed by atoms with van der Waals surface area (Å²) in [5.74, 6) is 0.422. The summed E-state index contributed by atoms with van der Waals surface area (Å²) in [6, 6.07) is 9.63. The summed E-state index contributed by atoms with van der Waals surface area (Å²) in [6.45, 7) is 0.302. The van der Waals surface area contributed by atoms with E-state index in [1.807, 2.05) is 48.4 Å². The zero-order valence-corrected chi connectivity index (χ0v) is 16.0. The average molecular weight is 383 g/mol. The molecule has 3 rings (SSSR count). The number of aliphatic imine (C=N–C) groups is 1. The maximum Gasteiger partial charge on any atom is 0.238 e. The van der Waals surface area contributed by atoms with Crippen LogP contribution in [0.4, 0.5) is 5.69 Å². The van der Waals surface area contributed by atoms with Crippen molar-refractivity contribution in [2.75, 3.05) is 39.2 Å². The number of β-amino-alcohol motifs (C(OH)–C–C–N with tert-alkyl or cyclic N) is 1. The molecule has 5 N–H and O–H groups in total. The molecule has 28 heavy (non-hydrogen) atoms. The number of allylic oxidation sites excluding steroid dienone is 1. The molecule has 0 saturated carbocycles. The average Bonchev–Trinajstić information content (AvgIpc) is 2.73. The zero-order chi connectivity index (χ0) is 20.1. The summed E-state index contributed by atoms with van der Waals surface area (Å²) in [5.41, 5.74) is 7.92. The molecule has 1 aliphatic rings. The Morgan fingerprint density at radius 3 is 2.86 bits per heavy atom. The molecule has 8 heteroatoms. The van der Waals surface area contributed by atoms with Crippen molar-refractivity contribution < 1.29 is 14.6 Å². The molecule has 0 aromatic heterocycles. The maximum atomic E-state index is 12.0. The first-order valence-corrected chi connectivity index (χ1v) is 9.01. The number of nitrogens with one attached hydrogen (secondary N) is 2. The van der Waals surface area contributed by atoms with E-state index in [1.165, 1.54) is 0 Å². The fourth-order valence-electron chi connectivity index (χ4n) is 3.26. The van der Waals surface area contributed by atoms with E-state index < -0.39 is 0 Å². The predicted molar refractivity (Wildman–Crippen MR) is 111 cm³/mol. The van der Waals surface area contributed by atoms with Gasteiger partial charge in [-0.15, -0.1) is 0 Å². The third kappa shape index (κ3) is 3.99. The molecule has 1 unspecified atom stereocenters. The van der Waals surface area contributed by atoms with E-state index in [0.29, 0.717) is 18.0 Å². The van der Waals surface area contributed by atoms with Crippen LogP contribution in [0, 0.1) is 0 Å². The number of hydrogen-bond acceptors (Lipinski definition) is 7. The lowest BCUT2D eigenvalue weighted by molar-refractivity contribution is -0.114. The van der Waals surface area contributed by atoms with Gasteiger partial charge >= 0.3 is 0 Å². The SMILES string of the molecule is CNC1N=CC=C(c2cc(NC(=O)CN)c3cc(OC)ccc3c2)N1CCO. The van der Waals surface area contributed by atoms with Crippen LogP contribution in [0.1, 0.15) is 5.56 Å². The van der Waals surface area contributed by atoms with Crippen molar-refractivity contribution in [3.05, 3.63) is 42.0 Å². The van der Waals surface area contributed by atoms with Crippen molar-refractivity contribution in [1.82, 2.24) is 10.2 Å². The number of carbonyl (C=O) groups is 1. The zero-order valence-electron chi connectivity index (χ0n) is 16.0. The van der Waals surface area contributed by atoms with Crippen molar-refractivity contribution >= 4 is 34.3 Å². The molecule has 2 aromatic rings. The van der Waals surface area contributed by atoms with Crippen molar-refractivity contribution in [3.8, 4) is 5.75 Å². The second-order valence-corrected chi connectivity index (χ2v) is 6.29. The van der Waals surface area contributed by atoms with Crippen LogP contribution in [0.15, 0.2) is 41.4 Å². The Kier molecular flexibility index (Phi) is 6.25. The monoisotopic (exact) mass is 383 g/mol. The minimum absolute atomic E-state index is 0.00735. The van der Waals surface area contributed by atoms with Crippen molar-refractivity contribution in [2.24, 2.45) is 10.7 Å². The largest absolute Gasteiger partial charge is 0.497 e. The summed E-state index contributed by atoms with van der Waals surface area (Å²) < 4.78 is 5.32. The molecule has 0 bridgehead atoms. The first-order valence-electron chi connectivity index (χ1n) is 9.01. The van der Waals surface area contributed by atoms with E-state index in [2.05, 4.69) is 15.6 Å². The number of amides is 1. The van der Waals surface area contributed by atoms with E-state index >= 15 is 0 Å². The van der Waals surface area contributed by atoms with Gasteiger partial charge in [0.2, 0.25) is 5.91 Å². The standard InChI is InChI=1S/C20H25N5O3/c1-22-20-23-6-5-18(25(20)7-8-26)14-9-13-3-4-15(28-2)11-16(13)17(10-14)24-19(27)12-21/h3-6,9-11,20,22,26H,7-8,12,21H2,1-2H3,(H,24,27). The molecule has 2 aromatic carbocycles. The van der Waals surface area contributed by atoms with Crippen LogP contribution in [0.2, 0.25) is 0 Å². The number of carbonyl (C=O) groups excluding carboxylic acids is 1. The van der Waals surface area contributed by atoms with Gasteiger partial charge in [0.25, 0.3) is 0 Å². The number of fused-ring (bicyclic) bond motifs is 1. The summed E-state index contributed by atoms with van der Waals surface area (Å²) in [5, 5.41) is 17.3. The van der Waals surface area contributed by atoms with Gasteiger partial charge in [0, 0.05) is 35.1 Å². The summed E-state index contributed by atoms with van der Waals surface area (Å²) >= 11 is 0. The molecule has 0 aliphatic carbocycles. The smallest absolute Gasteiger partial charge is 0.238 e. The van der Waals surface area contributed by atoms with Gasteiger partial charge in [-0.2, -0.15) is 0 Å². The summed E-state index contributed by atoms with van der Waals surface area (Å²) in [4.78, 5) is 18.3. The number of rotatable bonds is 7. The Morgan fingerprint density at radius 1 is 1.36 bits per heavy atom. The highest BCUT2D eigenvalue weighted by Crippen LogP contribution is 2.33. The van der Waals surface area contributed by atoms with Gasteiger partial charge in [-0.05, 0) is 42.8 Å². The quantitative estimate of drug-likeness (QED) is 0.567. The molecular formula is C20H25N5O3. The predicted octanol–water partition coefficient (Wildman–Crippen LogP) is 0.968. The number of methoxy groups -OCH3 is 1. The highest BCUT2D eigenvalue weighted by Gasteiger charge is 2.22. The maximum absolute atomic E-state index is 12.0. The van der Waals surface area contributed by atoms with Crippen molar-refractivity contribution in [1.29, 1.82) is 0 Å². The van der Waals surface area contributed by atoms with Crippen molar-refractivity contribution in [3.63, 3.8) is 0 Å². The number of nitrogens with two attached hydrogens (primary N) is 1. The van der Waals surface area contributed by atoms with Gasteiger partial charge in [-0.3, -0.25) is 15.1 Å². The molecular weight excluding hydrogens is 358 g/mol. The molecule has 148 valence electrons. The Hall–Kier alpha value is -2.94. The van der Waals surface area contributed by atoms with Crippen LogP contribution < -0.4 is 21.1 Å². The van der Waals surface area contributed by atoms with Gasteiger partial charge < -0.3 is 25.8 Å². The van der Waals surface area contributed by atoms with Crippen LogP contribution in [-0.2, 0) is 4.79 Å². The molecule has 0 spiro atoms. The van der Waals surface area contributed by atoms with Crippen LogP contribution in [-0.4, -0.2) is 62.3 Å². The van der Waals surface area contributed by atoms with Crippen molar-refractivity contribution in [2.45, 2.75) is 6.29 Å². The Balaban J connectivity index is 2.14. The molecule has 1 aliphatic heterocycles. The minimum Gasteiger partial charge on any atom is -0.497 e. The molecule has 0 saturated heterocycles. The van der Waals surface area contributed by atoms with Gasteiger partial charge in [-0.25, -0.2) is 0 Å². The van der Waals surface area contributed by atoms with Crippen LogP contribution in [0.25, 0.3) is 16.5 Å². The fraction of sp³-hybridized carbons (Fsp3) is 0.300. The fourth-order valence-corrected chi connectivity index (χ4v) is 3.26. The summed E-state index contributed by atoms with van der Waals surface area (Å²) in [7, 11) is 3.42. The molecule has 1 amide bonds. The van der Waals surface area contributed by atoms with E-state index in [1.54, 1.807) is 13.3 Å². The Bertz CT molecular complexity index is 925. The third-order valence-electron chi connectivity index (χ3n) is 4.58. The summed E-state index contributed by atoms with van der Waals surface area (Å²) in [6.07, 6.45) is 3.35. The second-order valence-electron chi connectivity index (χ2n) is 6.29. The van der Waals surface area contributed by atoms with Gasteiger partial charge in [0.15, 0.2) is 6.29 Å². The van der Waals surface area contributed by atoms with E-state index in [4.69, 9.17) is 10.5 Å². The number of ether oxygens (including phenoxy) is 1. The van der Waals surface area contributed by atoms with E-state index in [9.17, 15) is 9.90 Å². The molecule has 8 nitrogen and oxygen atoms in total. The number of benzene rings is 2. The van der Waals surface area contributed by atoms with Crippen LogP contribution in [0.5, 0.6) is 5.75 Å². The lowest BCUT2D eigenvalue weighted by Gasteiger charge is -2.34. The first-order chi connectivity index (χ1) is 13.6. The van der Waals surface area contributed by atoms with Gasteiger partial charge in [0.05, 0.1) is 20.3 Å². The van der Waals surface area contributed by atoms with Gasteiger partial charge in [-0.1, -0.05) is 6.07 Å². The molecule has 0 fully saturated rings. The van der Waals surface area contributed by atoms with E-state index in [-0.39, 0.29) is 25.3 Å². The molecule has 0 radical (unpaired) electrons. The van der Waals surface area contributed by atoms with E-state index in [0.717, 1.165) is 22.0 Å². The number of anilines is 1. The number of hydrogen-bond donors (Lipinski definition) is 4. The number of nitrogens with zero attached hydrogens (tertiary/aromatic N) is 2. The normalized spacial score (nSPS) is 16.2. The van der Waals surface area contributed by atoms with Crippen LogP contribution in [0.3, 0.4) is 0 Å². The number of aliphatic hydroxyl groups is 1. The van der Waals surface area contributed by atoms with Crippen LogP contribution >= 0.6 is 0 Å². The first kappa shape index (κ1) is 19.8. The second kappa shape index (κ2) is 8.83. The highest BCUT2D eigenvalue weighted by atomic mass is 16.5. The lowest BCUT2D eigenvalue weighted by atomic mass is 10.0. The third-order valence-corrected chi connectivity index (χ3v) is 4.58.